The predicted octanol–water partition coefficient (Wildman–Crippen LogP) is 5.27. The van der Waals surface area contributed by atoms with E-state index in [9.17, 15) is 0 Å². The summed E-state index contributed by atoms with van der Waals surface area (Å²) in [7, 11) is 0. The van der Waals surface area contributed by atoms with Crippen LogP contribution in [0.5, 0.6) is 0 Å². The minimum atomic E-state index is -1.04. The van der Waals surface area contributed by atoms with Crippen LogP contribution in [0, 0.1) is 0 Å². The lowest BCUT2D eigenvalue weighted by Crippen LogP contribution is -2.29. The summed E-state index contributed by atoms with van der Waals surface area (Å²) in [5, 5.41) is 4.25. The number of hydrogen-bond donors (Lipinski definition) is 0. The molecule has 0 fully saturated rings. The van der Waals surface area contributed by atoms with Gasteiger partial charge in [0.2, 0.25) is 0 Å². The summed E-state index contributed by atoms with van der Waals surface area (Å²) < 4.78 is 5.87. The molecule has 0 N–H and O–H groups in total. The molecule has 1 atom stereocenters. The maximum absolute atomic E-state index is 8.87. The first-order valence-electron chi connectivity index (χ1n) is 6.84. The summed E-state index contributed by atoms with van der Waals surface area (Å²) in [5.74, 6) is 0. The van der Waals surface area contributed by atoms with Crippen LogP contribution >= 0.6 is 15.9 Å². The van der Waals surface area contributed by atoms with Gasteiger partial charge in [-0.1, -0.05) is 93.9 Å². The average Bonchev–Trinajstić information content (AvgIpc) is 2.59. The van der Waals surface area contributed by atoms with Crippen molar-refractivity contribution in [3.05, 3.63) is 88.3 Å². The fourth-order valence-corrected chi connectivity index (χ4v) is 2.62. The van der Waals surface area contributed by atoms with Crippen molar-refractivity contribution in [3.8, 4) is 0 Å². The van der Waals surface area contributed by atoms with E-state index in [-0.39, 0.29) is 0 Å². The van der Waals surface area contributed by atoms with Crippen LogP contribution < -0.4 is 0 Å². The predicted molar refractivity (Wildman–Crippen MR) is 92.5 cm³/mol. The van der Waals surface area contributed by atoms with Crippen molar-refractivity contribution in [2.75, 3.05) is 11.9 Å². The molecule has 0 bridgehead atoms. The van der Waals surface area contributed by atoms with Gasteiger partial charge in [0.1, 0.15) is 0 Å². The van der Waals surface area contributed by atoms with Gasteiger partial charge in [0.15, 0.2) is 5.72 Å². The Hall–Kier alpha value is -2.07. The molecule has 2 rings (SSSR count). The van der Waals surface area contributed by atoms with E-state index in [1.54, 1.807) is 0 Å². The van der Waals surface area contributed by atoms with Gasteiger partial charge in [0, 0.05) is 10.2 Å². The van der Waals surface area contributed by atoms with E-state index in [2.05, 4.69) is 26.0 Å². The third-order valence-corrected chi connectivity index (χ3v) is 3.90. The molecule has 2 aromatic carbocycles. The Morgan fingerprint density at radius 1 is 1.09 bits per heavy atom. The molecule has 22 heavy (non-hydrogen) atoms. The molecule has 2 aromatic rings. The van der Waals surface area contributed by atoms with Crippen molar-refractivity contribution in [3.63, 3.8) is 0 Å². The highest BCUT2D eigenvalue weighted by Gasteiger charge is 2.30. The summed E-state index contributed by atoms with van der Waals surface area (Å²) in [6.45, 7) is 0.342. The Morgan fingerprint density at radius 2 is 1.73 bits per heavy atom. The molecule has 0 spiro atoms. The topological polar surface area (TPSA) is 58.0 Å². The summed E-state index contributed by atoms with van der Waals surface area (Å²) >= 11 is 3.39. The smallest absolute Gasteiger partial charge is 0.181 e. The highest BCUT2D eigenvalue weighted by atomic mass is 79.9. The van der Waals surface area contributed by atoms with E-state index in [0.717, 1.165) is 11.1 Å². The van der Waals surface area contributed by atoms with Crippen LogP contribution in [0.1, 0.15) is 11.1 Å². The number of halogens is 1. The standard InChI is InChI=1S/C17H16BrN3O/c18-14-17(20-21-19,16-11-5-2-6-12-16)22-13-7-10-15-8-3-1-4-9-15/h1-12H,13-14H2/b10-7+. The zero-order valence-corrected chi connectivity index (χ0v) is 13.6. The molecule has 0 aliphatic rings. The molecule has 1 unspecified atom stereocenters. The molecule has 0 heterocycles. The van der Waals surface area contributed by atoms with Crippen LogP contribution in [0.4, 0.5) is 0 Å². The monoisotopic (exact) mass is 357 g/mol. The number of hydrogen-bond acceptors (Lipinski definition) is 2. The van der Waals surface area contributed by atoms with Gasteiger partial charge in [-0.15, -0.1) is 0 Å². The first-order chi connectivity index (χ1) is 10.8. The summed E-state index contributed by atoms with van der Waals surface area (Å²) in [6, 6.07) is 19.4. The Balaban J connectivity index is 2.11. The molecule has 0 saturated heterocycles. The van der Waals surface area contributed by atoms with Crippen LogP contribution in [-0.2, 0) is 10.5 Å². The van der Waals surface area contributed by atoms with Gasteiger partial charge >= 0.3 is 0 Å². The summed E-state index contributed by atoms with van der Waals surface area (Å²) in [4.78, 5) is 2.94. The third-order valence-electron chi connectivity index (χ3n) is 3.14. The van der Waals surface area contributed by atoms with E-state index in [4.69, 9.17) is 10.3 Å². The lowest BCUT2D eigenvalue weighted by atomic mass is 10.1. The number of benzene rings is 2. The van der Waals surface area contributed by atoms with E-state index >= 15 is 0 Å². The van der Waals surface area contributed by atoms with Crippen LogP contribution in [0.2, 0.25) is 0 Å². The Bertz CT molecular complexity index is 654. The van der Waals surface area contributed by atoms with Crippen LogP contribution in [-0.4, -0.2) is 11.9 Å². The Morgan fingerprint density at radius 3 is 2.32 bits per heavy atom. The first-order valence-corrected chi connectivity index (χ1v) is 7.96. The first kappa shape index (κ1) is 16.3. The van der Waals surface area contributed by atoms with Gasteiger partial charge in [0.25, 0.3) is 0 Å². The SMILES string of the molecule is [N-]=[N+]=NC(CBr)(OC/C=C/c1ccccc1)c1ccccc1. The second-order valence-electron chi connectivity index (χ2n) is 4.60. The van der Waals surface area contributed by atoms with Crippen molar-refractivity contribution in [2.45, 2.75) is 5.72 Å². The van der Waals surface area contributed by atoms with Gasteiger partial charge in [-0.25, -0.2) is 0 Å². The Labute approximate surface area is 138 Å². The number of azide groups is 1. The minimum Gasteiger partial charge on any atom is -0.359 e. The normalized spacial score (nSPS) is 13.5. The van der Waals surface area contributed by atoms with Gasteiger partial charge in [-0.2, -0.15) is 0 Å². The van der Waals surface area contributed by atoms with Gasteiger partial charge in [-0.05, 0) is 16.7 Å². The highest BCUT2D eigenvalue weighted by Crippen LogP contribution is 2.30. The maximum Gasteiger partial charge on any atom is 0.181 e. The van der Waals surface area contributed by atoms with Gasteiger partial charge in [0.05, 0.1) is 6.61 Å². The number of alkyl halides is 1. The summed E-state index contributed by atoms with van der Waals surface area (Å²) in [6.07, 6.45) is 3.88. The fourth-order valence-electron chi connectivity index (χ4n) is 2.02. The zero-order valence-electron chi connectivity index (χ0n) is 12.0. The number of rotatable bonds is 7. The zero-order chi connectivity index (χ0) is 15.7. The van der Waals surface area contributed by atoms with Crippen LogP contribution in [0.15, 0.2) is 71.9 Å². The van der Waals surface area contributed by atoms with E-state index < -0.39 is 5.72 Å². The lowest BCUT2D eigenvalue weighted by molar-refractivity contribution is -0.00943. The number of nitrogens with zero attached hydrogens (tertiary/aromatic N) is 3. The third kappa shape index (κ3) is 4.21. The average molecular weight is 358 g/mol. The van der Waals surface area contributed by atoms with Crippen molar-refractivity contribution in [1.82, 2.24) is 0 Å². The molecule has 0 aliphatic heterocycles. The second kappa shape index (κ2) is 8.39. The highest BCUT2D eigenvalue weighted by molar-refractivity contribution is 9.09. The van der Waals surface area contributed by atoms with Crippen LogP contribution in [0.25, 0.3) is 16.5 Å². The molecule has 0 saturated carbocycles. The molecule has 4 nitrogen and oxygen atoms in total. The molecule has 0 aromatic heterocycles. The maximum atomic E-state index is 8.87. The second-order valence-corrected chi connectivity index (χ2v) is 5.16. The largest absolute Gasteiger partial charge is 0.359 e. The minimum absolute atomic E-state index is 0.342. The molecular formula is C17H16BrN3O. The van der Waals surface area contributed by atoms with Gasteiger partial charge in [-0.3, -0.25) is 0 Å². The quantitative estimate of drug-likeness (QED) is 0.288. The lowest BCUT2D eigenvalue weighted by Gasteiger charge is -2.27. The van der Waals surface area contributed by atoms with E-state index in [0.29, 0.717) is 11.9 Å². The van der Waals surface area contributed by atoms with Crippen molar-refractivity contribution < 1.29 is 4.74 Å². The molecule has 0 radical (unpaired) electrons. The molecular weight excluding hydrogens is 342 g/mol. The van der Waals surface area contributed by atoms with Crippen LogP contribution in [0.3, 0.4) is 0 Å². The Kier molecular flexibility index (Phi) is 6.22. The van der Waals surface area contributed by atoms with Crippen molar-refractivity contribution in [1.29, 1.82) is 0 Å². The molecule has 0 amide bonds. The fraction of sp³-hybridized carbons (Fsp3) is 0.176. The van der Waals surface area contributed by atoms with E-state index in [1.165, 1.54) is 0 Å². The van der Waals surface area contributed by atoms with Crippen molar-refractivity contribution in [2.24, 2.45) is 5.11 Å². The number of ether oxygens (including phenoxy) is 1. The molecule has 112 valence electrons. The summed E-state index contributed by atoms with van der Waals surface area (Å²) in [5.41, 5.74) is 9.74. The van der Waals surface area contributed by atoms with Gasteiger partial charge < -0.3 is 4.74 Å². The van der Waals surface area contributed by atoms with E-state index in [1.807, 2.05) is 72.8 Å². The van der Waals surface area contributed by atoms with Crippen molar-refractivity contribution >= 4 is 22.0 Å². The molecule has 5 heteroatoms. The molecule has 0 aliphatic carbocycles.